The van der Waals surface area contributed by atoms with Crippen LogP contribution in [0.3, 0.4) is 0 Å². The Morgan fingerprint density at radius 2 is 2.00 bits per heavy atom. The number of nitrogens with zero attached hydrogens (tertiary/aromatic N) is 1. The van der Waals surface area contributed by atoms with E-state index in [9.17, 15) is 24.0 Å². The molecule has 3 heterocycles. The molecule has 1 fully saturated rings. The number of hydrogen-bond acceptors (Lipinski definition) is 6. The zero-order chi connectivity index (χ0) is 15.3. The molecule has 2 N–H and O–H groups in total. The minimum atomic E-state index is -1.31. The van der Waals surface area contributed by atoms with E-state index in [-0.39, 0.29) is 28.8 Å². The number of piperidine rings is 1. The molecule has 0 bridgehead atoms. The van der Waals surface area contributed by atoms with Crippen LogP contribution >= 0.6 is 11.3 Å². The van der Waals surface area contributed by atoms with Crippen LogP contribution in [-0.4, -0.2) is 45.6 Å². The van der Waals surface area contributed by atoms with Gasteiger partial charge in [0, 0.05) is 11.8 Å². The van der Waals surface area contributed by atoms with Gasteiger partial charge in [0.15, 0.2) is 0 Å². The average molecular weight is 308 g/mol. The van der Waals surface area contributed by atoms with Crippen LogP contribution < -0.4 is 5.32 Å². The van der Waals surface area contributed by atoms with Gasteiger partial charge >= 0.3 is 5.97 Å². The van der Waals surface area contributed by atoms with Gasteiger partial charge in [-0.1, -0.05) is 0 Å². The largest absolute Gasteiger partial charge is 0.478 e. The summed E-state index contributed by atoms with van der Waals surface area (Å²) < 4.78 is 0. The molecule has 108 valence electrons. The average Bonchev–Trinajstić information content (AvgIpc) is 2.93. The number of carboxylic acid groups (broad SMARTS) is 1. The van der Waals surface area contributed by atoms with Gasteiger partial charge in [-0.05, 0) is 6.42 Å². The number of carbonyl (C=O) groups excluding carboxylic acids is 4. The first kappa shape index (κ1) is 13.4. The van der Waals surface area contributed by atoms with Crippen molar-refractivity contribution in [2.75, 3.05) is 0 Å². The number of carbonyl (C=O) groups is 5. The number of carboxylic acids is 1. The third kappa shape index (κ3) is 1.85. The lowest BCUT2D eigenvalue weighted by Gasteiger charge is -2.27. The Balaban J connectivity index is 1.99. The minimum Gasteiger partial charge on any atom is -0.478 e. The molecule has 9 heteroatoms. The summed E-state index contributed by atoms with van der Waals surface area (Å²) in [5.41, 5.74) is -0.426. The molecule has 8 nitrogen and oxygen atoms in total. The normalized spacial score (nSPS) is 21.5. The van der Waals surface area contributed by atoms with Crippen molar-refractivity contribution < 1.29 is 29.1 Å². The van der Waals surface area contributed by atoms with Gasteiger partial charge in [-0.3, -0.25) is 29.4 Å². The molecule has 0 aromatic carbocycles. The lowest BCUT2D eigenvalue weighted by molar-refractivity contribution is -0.136. The number of thiophene rings is 1. The Morgan fingerprint density at radius 1 is 1.29 bits per heavy atom. The molecule has 0 aliphatic carbocycles. The quantitative estimate of drug-likeness (QED) is 0.733. The highest BCUT2D eigenvalue weighted by atomic mass is 32.1. The van der Waals surface area contributed by atoms with E-state index < -0.39 is 35.6 Å². The second-order valence-corrected chi connectivity index (χ2v) is 5.49. The van der Waals surface area contributed by atoms with Crippen LogP contribution in [0.2, 0.25) is 0 Å². The molecule has 1 unspecified atom stereocenters. The summed E-state index contributed by atoms with van der Waals surface area (Å²) in [5.74, 6) is -3.99. The van der Waals surface area contributed by atoms with Crippen molar-refractivity contribution >= 4 is 40.9 Å². The number of fused-ring (bicyclic) bond motifs is 1. The van der Waals surface area contributed by atoms with Gasteiger partial charge in [0.1, 0.15) is 10.9 Å². The van der Waals surface area contributed by atoms with E-state index in [2.05, 4.69) is 5.32 Å². The van der Waals surface area contributed by atoms with E-state index in [4.69, 9.17) is 5.11 Å². The number of amides is 4. The van der Waals surface area contributed by atoms with Gasteiger partial charge in [0.05, 0.1) is 11.1 Å². The van der Waals surface area contributed by atoms with Crippen molar-refractivity contribution in [3.63, 3.8) is 0 Å². The molecule has 1 atom stereocenters. The summed E-state index contributed by atoms with van der Waals surface area (Å²) in [6.07, 6.45) is 0.0619. The number of aromatic carboxylic acids is 1. The van der Waals surface area contributed by atoms with Gasteiger partial charge in [0.2, 0.25) is 11.8 Å². The highest BCUT2D eigenvalue weighted by Crippen LogP contribution is 2.34. The molecule has 2 aliphatic rings. The number of imide groups is 2. The van der Waals surface area contributed by atoms with Crippen LogP contribution in [0.4, 0.5) is 0 Å². The van der Waals surface area contributed by atoms with Crippen LogP contribution in [-0.2, 0) is 9.59 Å². The minimum absolute atomic E-state index is 0.0158. The van der Waals surface area contributed by atoms with Gasteiger partial charge in [-0.25, -0.2) is 4.79 Å². The van der Waals surface area contributed by atoms with Gasteiger partial charge in [-0.15, -0.1) is 11.3 Å². The molecule has 4 amide bonds. The Labute approximate surface area is 121 Å². The fraction of sp³-hybridized carbons (Fsp3) is 0.250. The van der Waals surface area contributed by atoms with Gasteiger partial charge in [0.25, 0.3) is 11.8 Å². The fourth-order valence-corrected chi connectivity index (χ4v) is 3.39. The zero-order valence-corrected chi connectivity index (χ0v) is 11.2. The third-order valence-corrected chi connectivity index (χ3v) is 4.36. The standard InChI is InChI=1S/C12H8N2O6S/c15-6-2-1-5(9(16)13-6)14-10(17)7-4(12(19)20)3-21-8(7)11(14)18/h3,5H,1-2H2,(H,19,20)(H,13,15,16). The van der Waals surface area contributed by atoms with E-state index >= 15 is 0 Å². The Hall–Kier alpha value is -2.55. The molecular weight excluding hydrogens is 300 g/mol. The van der Waals surface area contributed by atoms with Gasteiger partial charge in [-0.2, -0.15) is 0 Å². The first-order valence-corrected chi connectivity index (χ1v) is 6.86. The van der Waals surface area contributed by atoms with Crippen LogP contribution in [0.5, 0.6) is 0 Å². The van der Waals surface area contributed by atoms with Crippen molar-refractivity contribution in [3.8, 4) is 0 Å². The smallest absolute Gasteiger partial charge is 0.337 e. The van der Waals surface area contributed by atoms with E-state index in [1.54, 1.807) is 0 Å². The first-order valence-electron chi connectivity index (χ1n) is 5.98. The van der Waals surface area contributed by atoms with E-state index in [1.807, 2.05) is 0 Å². The van der Waals surface area contributed by atoms with Crippen molar-refractivity contribution in [2.45, 2.75) is 18.9 Å². The molecule has 0 spiro atoms. The second kappa shape index (κ2) is 4.48. The lowest BCUT2D eigenvalue weighted by atomic mass is 10.0. The Kier molecular flexibility index (Phi) is 2.87. The number of nitrogens with one attached hydrogen (secondary N) is 1. The number of rotatable bonds is 2. The monoisotopic (exact) mass is 308 g/mol. The molecule has 3 rings (SSSR count). The predicted octanol–water partition coefficient (Wildman–Crippen LogP) is -0.152. The van der Waals surface area contributed by atoms with E-state index in [1.165, 1.54) is 5.38 Å². The highest BCUT2D eigenvalue weighted by Gasteiger charge is 2.47. The first-order chi connectivity index (χ1) is 9.91. The topological polar surface area (TPSA) is 121 Å². The van der Waals surface area contributed by atoms with E-state index in [0.29, 0.717) is 0 Å². The van der Waals surface area contributed by atoms with Crippen molar-refractivity contribution in [3.05, 3.63) is 21.4 Å². The summed E-state index contributed by atoms with van der Waals surface area (Å²) in [4.78, 5) is 59.3. The summed E-state index contributed by atoms with van der Waals surface area (Å²) in [6.45, 7) is 0. The summed E-state index contributed by atoms with van der Waals surface area (Å²) >= 11 is 0.857. The lowest BCUT2D eigenvalue weighted by Crippen LogP contribution is -2.54. The van der Waals surface area contributed by atoms with Crippen molar-refractivity contribution in [1.29, 1.82) is 0 Å². The summed E-state index contributed by atoms with van der Waals surface area (Å²) in [5, 5.41) is 12.3. The third-order valence-electron chi connectivity index (χ3n) is 3.39. The summed E-state index contributed by atoms with van der Waals surface area (Å²) in [6, 6.07) is -1.08. The fourth-order valence-electron chi connectivity index (χ4n) is 2.42. The predicted molar refractivity (Wildman–Crippen MR) is 68.0 cm³/mol. The van der Waals surface area contributed by atoms with Crippen molar-refractivity contribution in [2.24, 2.45) is 0 Å². The zero-order valence-electron chi connectivity index (χ0n) is 10.4. The van der Waals surface area contributed by atoms with Crippen LogP contribution in [0, 0.1) is 0 Å². The highest BCUT2D eigenvalue weighted by molar-refractivity contribution is 7.13. The SMILES string of the molecule is O=C1CCC(N2C(=O)c3scc(C(=O)O)c3C2=O)C(=O)N1. The maximum absolute atomic E-state index is 12.3. The number of hydrogen-bond donors (Lipinski definition) is 2. The molecule has 2 aliphatic heterocycles. The Morgan fingerprint density at radius 3 is 2.62 bits per heavy atom. The second-order valence-electron chi connectivity index (χ2n) is 4.61. The van der Waals surface area contributed by atoms with Gasteiger partial charge < -0.3 is 5.11 Å². The van der Waals surface area contributed by atoms with Crippen LogP contribution in [0.15, 0.2) is 5.38 Å². The molecule has 0 radical (unpaired) electrons. The van der Waals surface area contributed by atoms with Crippen LogP contribution in [0.1, 0.15) is 43.2 Å². The maximum atomic E-state index is 12.3. The molecule has 21 heavy (non-hydrogen) atoms. The molecular formula is C12H8N2O6S. The van der Waals surface area contributed by atoms with E-state index in [0.717, 1.165) is 16.2 Å². The molecule has 1 saturated heterocycles. The maximum Gasteiger partial charge on any atom is 0.337 e. The summed E-state index contributed by atoms with van der Waals surface area (Å²) in [7, 11) is 0. The Bertz CT molecular complexity index is 721. The van der Waals surface area contributed by atoms with Crippen molar-refractivity contribution in [1.82, 2.24) is 10.2 Å². The molecule has 1 aromatic rings. The molecule has 1 aromatic heterocycles. The molecule has 0 saturated carbocycles. The van der Waals surface area contributed by atoms with Crippen LogP contribution in [0.25, 0.3) is 0 Å².